The highest BCUT2D eigenvalue weighted by molar-refractivity contribution is 8.01. The van der Waals surface area contributed by atoms with E-state index in [1.165, 1.54) is 11.1 Å². The molecule has 2 rings (SSSR count). The molecule has 1 aromatic carbocycles. The number of rotatable bonds is 4. The highest BCUT2D eigenvalue weighted by Gasteiger charge is 2.25. The van der Waals surface area contributed by atoms with Crippen molar-refractivity contribution >= 4 is 17.5 Å². The monoisotopic (exact) mass is 250 g/mol. The van der Waals surface area contributed by atoms with Gasteiger partial charge < -0.3 is 4.74 Å². The zero-order valence-corrected chi connectivity index (χ0v) is 11.3. The third-order valence-corrected chi connectivity index (χ3v) is 4.44. The molecule has 1 atom stereocenters. The molecular weight excluding hydrogens is 232 g/mol. The zero-order valence-electron chi connectivity index (χ0n) is 10.5. The average Bonchev–Trinajstić information content (AvgIpc) is 2.26. The highest BCUT2D eigenvalue weighted by Crippen LogP contribution is 2.26. The third-order valence-electron chi connectivity index (χ3n) is 3.16. The number of hydrogen-bond acceptors (Lipinski definition) is 3. The molecule has 1 saturated heterocycles. The molecule has 92 valence electrons. The van der Waals surface area contributed by atoms with E-state index in [-0.39, 0.29) is 11.0 Å². The first kappa shape index (κ1) is 12.7. The fourth-order valence-electron chi connectivity index (χ4n) is 1.77. The maximum absolute atomic E-state index is 12.2. The first-order valence-corrected chi connectivity index (χ1v) is 6.87. The van der Waals surface area contributed by atoms with Gasteiger partial charge in [-0.2, -0.15) is 0 Å². The van der Waals surface area contributed by atoms with Crippen molar-refractivity contribution in [3.8, 4) is 0 Å². The van der Waals surface area contributed by atoms with Gasteiger partial charge in [0.15, 0.2) is 5.78 Å². The van der Waals surface area contributed by atoms with Crippen molar-refractivity contribution in [2.24, 2.45) is 0 Å². The van der Waals surface area contributed by atoms with Crippen LogP contribution in [-0.2, 0) is 4.74 Å². The van der Waals surface area contributed by atoms with Crippen molar-refractivity contribution in [3.63, 3.8) is 0 Å². The standard InChI is InChI=1S/C14H18O2S/c1-9-4-5-12(6-10(9)2)14(15)11(3)17-13-7-16-8-13/h4-6,11,13H,7-8H2,1-3H3. The van der Waals surface area contributed by atoms with Crippen molar-refractivity contribution in [1.29, 1.82) is 0 Å². The van der Waals surface area contributed by atoms with Gasteiger partial charge in [0, 0.05) is 5.56 Å². The van der Waals surface area contributed by atoms with Crippen molar-refractivity contribution in [1.82, 2.24) is 0 Å². The summed E-state index contributed by atoms with van der Waals surface area (Å²) >= 11 is 1.72. The van der Waals surface area contributed by atoms with Crippen LogP contribution in [0.25, 0.3) is 0 Å². The van der Waals surface area contributed by atoms with Crippen LogP contribution in [-0.4, -0.2) is 29.5 Å². The number of thioether (sulfide) groups is 1. The Morgan fingerprint density at radius 2 is 2.06 bits per heavy atom. The molecule has 0 aliphatic carbocycles. The summed E-state index contributed by atoms with van der Waals surface area (Å²) in [4.78, 5) is 12.2. The number of aryl methyl sites for hydroxylation is 2. The number of carbonyl (C=O) groups excluding carboxylic acids is 1. The van der Waals surface area contributed by atoms with Gasteiger partial charge in [-0.05, 0) is 38.0 Å². The Labute approximate surface area is 107 Å². The molecule has 1 aliphatic heterocycles. The van der Waals surface area contributed by atoms with Crippen molar-refractivity contribution in [3.05, 3.63) is 34.9 Å². The van der Waals surface area contributed by atoms with E-state index in [1.54, 1.807) is 11.8 Å². The minimum atomic E-state index is 0.0195. The molecule has 2 nitrogen and oxygen atoms in total. The van der Waals surface area contributed by atoms with Crippen molar-refractivity contribution < 1.29 is 9.53 Å². The topological polar surface area (TPSA) is 26.3 Å². The largest absolute Gasteiger partial charge is 0.379 e. The minimum absolute atomic E-state index is 0.0195. The van der Waals surface area contributed by atoms with E-state index in [0.717, 1.165) is 18.8 Å². The maximum atomic E-state index is 12.2. The number of ketones is 1. The molecule has 1 fully saturated rings. The van der Waals surface area contributed by atoms with Crippen LogP contribution in [0.15, 0.2) is 18.2 Å². The quantitative estimate of drug-likeness (QED) is 0.768. The summed E-state index contributed by atoms with van der Waals surface area (Å²) in [7, 11) is 0. The van der Waals surface area contributed by atoms with Gasteiger partial charge in [0.25, 0.3) is 0 Å². The molecule has 0 radical (unpaired) electrons. The van der Waals surface area contributed by atoms with E-state index in [0.29, 0.717) is 5.25 Å². The predicted molar refractivity (Wildman–Crippen MR) is 71.9 cm³/mol. The second kappa shape index (κ2) is 5.23. The molecule has 17 heavy (non-hydrogen) atoms. The molecule has 0 aromatic heterocycles. The third kappa shape index (κ3) is 2.90. The van der Waals surface area contributed by atoms with E-state index >= 15 is 0 Å². The molecule has 1 aromatic rings. The lowest BCUT2D eigenvalue weighted by Gasteiger charge is -2.27. The van der Waals surface area contributed by atoms with Gasteiger partial charge in [-0.1, -0.05) is 12.1 Å². The molecule has 0 spiro atoms. The number of hydrogen-bond donors (Lipinski definition) is 0. The Kier molecular flexibility index (Phi) is 3.89. The van der Waals surface area contributed by atoms with E-state index in [9.17, 15) is 4.79 Å². The Bertz CT molecular complexity index is 424. The smallest absolute Gasteiger partial charge is 0.175 e. The van der Waals surface area contributed by atoms with Crippen LogP contribution < -0.4 is 0 Å². The molecular formula is C14H18O2S. The summed E-state index contributed by atoms with van der Waals surface area (Å²) in [6.45, 7) is 7.67. The molecule has 0 bridgehead atoms. The molecule has 3 heteroatoms. The lowest BCUT2D eigenvalue weighted by molar-refractivity contribution is 0.0453. The van der Waals surface area contributed by atoms with Gasteiger partial charge in [0.1, 0.15) is 0 Å². The zero-order chi connectivity index (χ0) is 12.4. The molecule has 0 N–H and O–H groups in total. The molecule has 1 heterocycles. The van der Waals surface area contributed by atoms with Gasteiger partial charge in [-0.3, -0.25) is 4.79 Å². The number of ether oxygens (including phenoxy) is 1. The summed E-state index contributed by atoms with van der Waals surface area (Å²) < 4.78 is 5.12. The van der Waals surface area contributed by atoms with E-state index in [1.807, 2.05) is 32.0 Å². The minimum Gasteiger partial charge on any atom is -0.379 e. The molecule has 1 aliphatic rings. The number of carbonyl (C=O) groups is 1. The van der Waals surface area contributed by atoms with Gasteiger partial charge in [0.2, 0.25) is 0 Å². The van der Waals surface area contributed by atoms with Gasteiger partial charge >= 0.3 is 0 Å². The summed E-state index contributed by atoms with van der Waals surface area (Å²) in [5, 5.41) is 0.520. The Morgan fingerprint density at radius 3 is 2.59 bits per heavy atom. The molecule has 0 saturated carbocycles. The first-order chi connectivity index (χ1) is 8.08. The van der Waals surface area contributed by atoms with Crippen molar-refractivity contribution in [2.45, 2.75) is 31.3 Å². The van der Waals surface area contributed by atoms with Gasteiger partial charge in [-0.15, -0.1) is 11.8 Å². The Hall–Kier alpha value is -0.800. The second-order valence-corrected chi connectivity index (χ2v) is 6.25. The lowest BCUT2D eigenvalue weighted by Crippen LogP contribution is -2.33. The van der Waals surface area contributed by atoms with Crippen LogP contribution in [0, 0.1) is 13.8 Å². The van der Waals surface area contributed by atoms with E-state index < -0.39 is 0 Å². The normalized spacial score (nSPS) is 17.6. The average molecular weight is 250 g/mol. The number of benzene rings is 1. The summed E-state index contributed by atoms with van der Waals surface area (Å²) in [5.41, 5.74) is 3.24. The molecule has 0 amide bonds. The van der Waals surface area contributed by atoms with Crippen LogP contribution in [0.2, 0.25) is 0 Å². The van der Waals surface area contributed by atoms with Crippen LogP contribution in [0.4, 0.5) is 0 Å². The first-order valence-electron chi connectivity index (χ1n) is 5.92. The van der Waals surface area contributed by atoms with Crippen LogP contribution >= 0.6 is 11.8 Å². The summed E-state index contributed by atoms with van der Waals surface area (Å²) in [5.74, 6) is 0.227. The molecule has 1 unspecified atom stereocenters. The van der Waals surface area contributed by atoms with Gasteiger partial charge in [0.05, 0.1) is 23.7 Å². The Morgan fingerprint density at radius 1 is 1.35 bits per heavy atom. The fraction of sp³-hybridized carbons (Fsp3) is 0.500. The SMILES string of the molecule is Cc1ccc(C(=O)C(C)SC2COC2)cc1C. The summed E-state index contributed by atoms with van der Waals surface area (Å²) in [6.07, 6.45) is 0. The van der Waals surface area contributed by atoms with Crippen LogP contribution in [0.5, 0.6) is 0 Å². The summed E-state index contributed by atoms with van der Waals surface area (Å²) in [6, 6.07) is 5.94. The van der Waals surface area contributed by atoms with Crippen molar-refractivity contribution in [2.75, 3.05) is 13.2 Å². The van der Waals surface area contributed by atoms with Gasteiger partial charge in [-0.25, -0.2) is 0 Å². The fourth-order valence-corrected chi connectivity index (χ4v) is 2.96. The van der Waals surface area contributed by atoms with E-state index in [2.05, 4.69) is 6.92 Å². The van der Waals surface area contributed by atoms with E-state index in [4.69, 9.17) is 4.74 Å². The van der Waals surface area contributed by atoms with Crippen LogP contribution in [0.3, 0.4) is 0 Å². The predicted octanol–water partition coefficient (Wildman–Crippen LogP) is 3.01. The maximum Gasteiger partial charge on any atom is 0.175 e. The Balaban J connectivity index is 2.04. The highest BCUT2D eigenvalue weighted by atomic mass is 32.2. The lowest BCUT2D eigenvalue weighted by atomic mass is 10.0. The number of Topliss-reactive ketones (excluding diaryl/α,β-unsaturated/α-hetero) is 1. The second-order valence-electron chi connectivity index (χ2n) is 4.60. The van der Waals surface area contributed by atoms with Crippen LogP contribution in [0.1, 0.15) is 28.4 Å².